The number of hydrogen-bond acceptors (Lipinski definition) is 4. The molecule has 142 valence electrons. The molecule has 0 spiro atoms. The number of carbonyl (C=O) groups is 1. The summed E-state index contributed by atoms with van der Waals surface area (Å²) in [4.78, 5) is 17.7. The van der Waals surface area contributed by atoms with Gasteiger partial charge in [-0.05, 0) is 62.8 Å². The summed E-state index contributed by atoms with van der Waals surface area (Å²) in [6.45, 7) is 4.49. The Morgan fingerprint density at radius 2 is 1.78 bits per heavy atom. The highest BCUT2D eigenvalue weighted by Crippen LogP contribution is 2.29. The van der Waals surface area contributed by atoms with Crippen LogP contribution in [0.3, 0.4) is 0 Å². The molecule has 1 aromatic carbocycles. The molecule has 27 heavy (non-hydrogen) atoms. The lowest BCUT2D eigenvalue weighted by molar-refractivity contribution is 0.102. The lowest BCUT2D eigenvalue weighted by Crippen LogP contribution is -2.47. The van der Waals surface area contributed by atoms with Crippen LogP contribution in [0.25, 0.3) is 0 Å². The zero-order valence-electron chi connectivity index (χ0n) is 15.7. The largest absolute Gasteiger partial charge is 0.369 e. The summed E-state index contributed by atoms with van der Waals surface area (Å²) in [7, 11) is 0. The SMILES string of the molecule is O=C(Nc1ccc(N2CCN(C3CC3)CC2)cc1)c1n[nH]c2c1CCCC2. The molecule has 0 bridgehead atoms. The van der Waals surface area contributed by atoms with Crippen molar-refractivity contribution in [3.8, 4) is 0 Å². The average Bonchev–Trinajstić information content (AvgIpc) is 3.47. The first-order valence-electron chi connectivity index (χ1n) is 10.2. The number of piperazine rings is 1. The molecule has 0 atom stereocenters. The predicted molar refractivity (Wildman–Crippen MR) is 106 cm³/mol. The topological polar surface area (TPSA) is 64.3 Å². The van der Waals surface area contributed by atoms with Crippen molar-refractivity contribution in [3.63, 3.8) is 0 Å². The smallest absolute Gasteiger partial charge is 0.276 e. The van der Waals surface area contributed by atoms with E-state index in [4.69, 9.17) is 0 Å². The molecule has 2 aliphatic carbocycles. The zero-order valence-corrected chi connectivity index (χ0v) is 15.7. The third-order valence-corrected chi connectivity index (χ3v) is 6.14. The number of amides is 1. The minimum atomic E-state index is -0.111. The third-order valence-electron chi connectivity index (χ3n) is 6.14. The number of nitrogens with one attached hydrogen (secondary N) is 2. The summed E-state index contributed by atoms with van der Waals surface area (Å²) in [6, 6.07) is 9.09. The lowest BCUT2D eigenvalue weighted by atomic mass is 9.96. The monoisotopic (exact) mass is 365 g/mol. The predicted octanol–water partition coefficient (Wildman–Crippen LogP) is 2.83. The molecule has 6 nitrogen and oxygen atoms in total. The Morgan fingerprint density at radius 1 is 1.04 bits per heavy atom. The molecule has 0 radical (unpaired) electrons. The van der Waals surface area contributed by atoms with Gasteiger partial charge in [-0.2, -0.15) is 5.10 Å². The van der Waals surface area contributed by atoms with E-state index in [9.17, 15) is 4.79 Å². The van der Waals surface area contributed by atoms with Crippen LogP contribution in [0, 0.1) is 0 Å². The molecule has 5 rings (SSSR count). The van der Waals surface area contributed by atoms with Crippen molar-refractivity contribution in [2.24, 2.45) is 0 Å². The molecule has 2 aromatic rings. The molecule has 2 heterocycles. The third kappa shape index (κ3) is 3.46. The van der Waals surface area contributed by atoms with Crippen LogP contribution >= 0.6 is 0 Å². The highest BCUT2D eigenvalue weighted by atomic mass is 16.1. The van der Waals surface area contributed by atoms with Crippen LogP contribution in [0.4, 0.5) is 11.4 Å². The molecular weight excluding hydrogens is 338 g/mol. The Bertz CT molecular complexity index is 816. The number of carbonyl (C=O) groups excluding carboxylic acids is 1. The first kappa shape index (κ1) is 16.8. The number of benzene rings is 1. The molecule has 0 unspecified atom stereocenters. The fraction of sp³-hybridized carbons (Fsp3) is 0.524. The van der Waals surface area contributed by atoms with Gasteiger partial charge in [0.25, 0.3) is 5.91 Å². The Labute approximate surface area is 159 Å². The van der Waals surface area contributed by atoms with Gasteiger partial charge in [-0.25, -0.2) is 0 Å². The van der Waals surface area contributed by atoms with Crippen LogP contribution in [0.15, 0.2) is 24.3 Å². The molecule has 1 saturated carbocycles. The van der Waals surface area contributed by atoms with Gasteiger partial charge < -0.3 is 10.2 Å². The molecule has 2 N–H and O–H groups in total. The molecular formula is C21H27N5O. The maximum absolute atomic E-state index is 12.6. The van der Waals surface area contributed by atoms with E-state index >= 15 is 0 Å². The molecule has 3 aliphatic rings. The molecule has 2 fully saturated rings. The number of aromatic amines is 1. The van der Waals surface area contributed by atoms with Gasteiger partial charge in [-0.15, -0.1) is 0 Å². The highest BCUT2D eigenvalue weighted by molar-refractivity contribution is 6.04. The van der Waals surface area contributed by atoms with Gasteiger partial charge in [-0.1, -0.05) is 0 Å². The summed E-state index contributed by atoms with van der Waals surface area (Å²) in [5.74, 6) is -0.111. The molecule has 1 saturated heterocycles. The van der Waals surface area contributed by atoms with E-state index in [0.29, 0.717) is 5.69 Å². The van der Waals surface area contributed by atoms with Crippen LogP contribution < -0.4 is 10.2 Å². The Kier molecular flexibility index (Phi) is 4.36. The first-order valence-corrected chi connectivity index (χ1v) is 10.2. The number of H-pyrrole nitrogens is 1. The number of rotatable bonds is 4. The fourth-order valence-electron chi connectivity index (χ4n) is 4.40. The van der Waals surface area contributed by atoms with Crippen LogP contribution in [-0.2, 0) is 12.8 Å². The van der Waals surface area contributed by atoms with Crippen LogP contribution in [0.1, 0.15) is 47.4 Å². The lowest BCUT2D eigenvalue weighted by Gasteiger charge is -2.36. The number of anilines is 2. The van der Waals surface area contributed by atoms with E-state index in [1.54, 1.807) is 0 Å². The normalized spacial score (nSPS) is 20.4. The van der Waals surface area contributed by atoms with Gasteiger partial charge in [-0.3, -0.25) is 14.8 Å². The van der Waals surface area contributed by atoms with E-state index in [1.807, 2.05) is 12.1 Å². The summed E-state index contributed by atoms with van der Waals surface area (Å²) >= 11 is 0. The molecule has 1 aromatic heterocycles. The summed E-state index contributed by atoms with van der Waals surface area (Å²) < 4.78 is 0. The van der Waals surface area contributed by atoms with Gasteiger partial charge >= 0.3 is 0 Å². The van der Waals surface area contributed by atoms with Gasteiger partial charge in [0.15, 0.2) is 5.69 Å². The number of aryl methyl sites for hydroxylation is 1. The molecule has 1 aliphatic heterocycles. The quantitative estimate of drug-likeness (QED) is 0.875. The minimum absolute atomic E-state index is 0.111. The van der Waals surface area contributed by atoms with Crippen molar-refractivity contribution >= 4 is 17.3 Å². The highest BCUT2D eigenvalue weighted by Gasteiger charge is 2.31. The van der Waals surface area contributed by atoms with Gasteiger partial charge in [0.2, 0.25) is 0 Å². The summed E-state index contributed by atoms with van der Waals surface area (Å²) in [5.41, 5.74) is 4.86. The van der Waals surface area contributed by atoms with E-state index in [-0.39, 0.29) is 5.91 Å². The Morgan fingerprint density at radius 3 is 2.52 bits per heavy atom. The maximum atomic E-state index is 12.6. The average molecular weight is 365 g/mol. The van der Waals surface area contributed by atoms with Crippen molar-refractivity contribution in [1.29, 1.82) is 0 Å². The Balaban J connectivity index is 1.22. The first-order chi connectivity index (χ1) is 13.3. The van der Waals surface area contributed by atoms with E-state index in [0.717, 1.165) is 68.4 Å². The van der Waals surface area contributed by atoms with Crippen molar-refractivity contribution in [2.75, 3.05) is 36.4 Å². The van der Waals surface area contributed by atoms with E-state index in [1.165, 1.54) is 24.9 Å². The van der Waals surface area contributed by atoms with Crippen LogP contribution in [-0.4, -0.2) is 53.2 Å². The van der Waals surface area contributed by atoms with E-state index in [2.05, 4.69) is 37.4 Å². The van der Waals surface area contributed by atoms with Gasteiger partial charge in [0.05, 0.1) is 0 Å². The van der Waals surface area contributed by atoms with Crippen LogP contribution in [0.5, 0.6) is 0 Å². The second-order valence-corrected chi connectivity index (χ2v) is 7.99. The zero-order chi connectivity index (χ0) is 18.2. The summed E-state index contributed by atoms with van der Waals surface area (Å²) in [6.07, 6.45) is 7.02. The van der Waals surface area contributed by atoms with Crippen molar-refractivity contribution < 1.29 is 4.79 Å². The van der Waals surface area contributed by atoms with Gasteiger partial charge in [0.1, 0.15) is 0 Å². The Hall–Kier alpha value is -2.34. The van der Waals surface area contributed by atoms with Gasteiger partial charge in [0, 0.05) is 54.9 Å². The van der Waals surface area contributed by atoms with Crippen molar-refractivity contribution in [3.05, 3.63) is 41.2 Å². The number of hydrogen-bond donors (Lipinski definition) is 2. The standard InChI is InChI=1S/C21H27N5O/c27-21(20-18-3-1-2-4-19(18)23-24-20)22-15-5-7-16(8-6-15)25-11-13-26(14-12-25)17-9-10-17/h5-8,17H,1-4,9-14H2,(H,22,27)(H,23,24). The molecule has 1 amide bonds. The second kappa shape index (κ2) is 7.00. The maximum Gasteiger partial charge on any atom is 0.276 e. The van der Waals surface area contributed by atoms with Crippen molar-refractivity contribution in [2.45, 2.75) is 44.6 Å². The number of fused-ring (bicyclic) bond motifs is 1. The van der Waals surface area contributed by atoms with Crippen LogP contribution in [0.2, 0.25) is 0 Å². The van der Waals surface area contributed by atoms with Crippen molar-refractivity contribution in [1.82, 2.24) is 15.1 Å². The second-order valence-electron chi connectivity index (χ2n) is 7.99. The minimum Gasteiger partial charge on any atom is -0.369 e. The number of nitrogens with zero attached hydrogens (tertiary/aromatic N) is 3. The number of aromatic nitrogens is 2. The fourth-order valence-corrected chi connectivity index (χ4v) is 4.40. The summed E-state index contributed by atoms with van der Waals surface area (Å²) in [5, 5.41) is 10.3. The van der Waals surface area contributed by atoms with E-state index < -0.39 is 0 Å². The molecule has 6 heteroatoms.